The molecule has 1 unspecified atom stereocenters. The third-order valence-electron chi connectivity index (χ3n) is 3.23. The second kappa shape index (κ2) is 6.44. The molecule has 0 spiro atoms. The van der Waals surface area contributed by atoms with Crippen LogP contribution in [-0.4, -0.2) is 21.4 Å². The molecule has 106 valence electrons. The van der Waals surface area contributed by atoms with Crippen molar-refractivity contribution in [1.29, 1.82) is 0 Å². The molecule has 20 heavy (non-hydrogen) atoms. The number of pyridine rings is 1. The molecular weight excluding hydrogens is 385 g/mol. The van der Waals surface area contributed by atoms with E-state index < -0.39 is 0 Å². The lowest BCUT2D eigenvalue weighted by atomic mass is 10.2. The first-order chi connectivity index (χ1) is 9.74. The van der Waals surface area contributed by atoms with E-state index in [4.69, 9.17) is 4.74 Å². The molecule has 1 aliphatic heterocycles. The monoisotopic (exact) mass is 401 g/mol. The Morgan fingerprint density at radius 2 is 2.25 bits per heavy atom. The maximum Gasteiger partial charge on any atom is 0.151 e. The molecule has 0 aromatic carbocycles. The second-order valence-corrected chi connectivity index (χ2v) is 6.93. The van der Waals surface area contributed by atoms with Crippen LogP contribution in [0.15, 0.2) is 34.4 Å². The molecule has 4 nitrogen and oxygen atoms in total. The van der Waals surface area contributed by atoms with Gasteiger partial charge in [0.25, 0.3) is 0 Å². The normalized spacial score (nSPS) is 19.2. The molecule has 6 heteroatoms. The predicted octanol–water partition coefficient (Wildman–Crippen LogP) is 4.04. The number of aryl methyl sites for hydroxylation is 1. The van der Waals surface area contributed by atoms with Crippen LogP contribution in [0.2, 0.25) is 0 Å². The zero-order chi connectivity index (χ0) is 13.9. The van der Waals surface area contributed by atoms with Crippen LogP contribution >= 0.6 is 34.4 Å². The highest BCUT2D eigenvalue weighted by Gasteiger charge is 2.20. The molecule has 1 aliphatic rings. The highest BCUT2D eigenvalue weighted by Crippen LogP contribution is 2.33. The Bertz CT molecular complexity index is 579. The lowest BCUT2D eigenvalue weighted by Crippen LogP contribution is -2.20. The van der Waals surface area contributed by atoms with Crippen molar-refractivity contribution < 1.29 is 4.74 Å². The molecule has 2 aromatic heterocycles. The van der Waals surface area contributed by atoms with E-state index in [2.05, 4.69) is 38.7 Å². The number of halogens is 1. The third-order valence-corrected chi connectivity index (χ3v) is 5.64. The van der Waals surface area contributed by atoms with E-state index in [1.165, 1.54) is 12.0 Å². The van der Waals surface area contributed by atoms with Crippen LogP contribution in [0.25, 0.3) is 0 Å². The molecule has 1 saturated heterocycles. The van der Waals surface area contributed by atoms with Gasteiger partial charge < -0.3 is 4.74 Å². The van der Waals surface area contributed by atoms with Gasteiger partial charge >= 0.3 is 0 Å². The van der Waals surface area contributed by atoms with Crippen LogP contribution in [0.4, 0.5) is 0 Å². The first-order valence-corrected chi connectivity index (χ1v) is 8.58. The fraction of sp³-hybridized carbons (Fsp3) is 0.429. The van der Waals surface area contributed by atoms with E-state index in [-0.39, 0.29) is 6.23 Å². The molecule has 0 aliphatic carbocycles. The Kier molecular flexibility index (Phi) is 4.62. The lowest BCUT2D eigenvalue weighted by Gasteiger charge is -2.23. The van der Waals surface area contributed by atoms with Gasteiger partial charge in [0.2, 0.25) is 0 Å². The average Bonchev–Trinajstić information content (AvgIpc) is 2.84. The fourth-order valence-electron chi connectivity index (χ4n) is 2.14. The Morgan fingerprint density at radius 1 is 1.35 bits per heavy atom. The van der Waals surface area contributed by atoms with Crippen molar-refractivity contribution in [1.82, 2.24) is 14.8 Å². The van der Waals surface area contributed by atoms with Gasteiger partial charge in [-0.1, -0.05) is 17.8 Å². The van der Waals surface area contributed by atoms with Crippen LogP contribution in [0.1, 0.15) is 31.1 Å². The van der Waals surface area contributed by atoms with Gasteiger partial charge in [-0.3, -0.25) is 0 Å². The Hall–Kier alpha value is -0.600. The first-order valence-electron chi connectivity index (χ1n) is 6.69. The van der Waals surface area contributed by atoms with Gasteiger partial charge in [0.15, 0.2) is 6.23 Å². The second-order valence-electron chi connectivity index (χ2n) is 4.84. The van der Waals surface area contributed by atoms with Gasteiger partial charge in [0.05, 0.1) is 11.1 Å². The summed E-state index contributed by atoms with van der Waals surface area (Å²) in [7, 11) is 0. The van der Waals surface area contributed by atoms with Crippen molar-refractivity contribution >= 4 is 34.4 Å². The zero-order valence-electron chi connectivity index (χ0n) is 11.3. The van der Waals surface area contributed by atoms with Gasteiger partial charge in [0.1, 0.15) is 8.73 Å². The largest absolute Gasteiger partial charge is 0.356 e. The number of hydrogen-bond donors (Lipinski definition) is 0. The van der Waals surface area contributed by atoms with Crippen molar-refractivity contribution in [2.45, 2.75) is 42.3 Å². The molecule has 0 N–H and O–H groups in total. The van der Waals surface area contributed by atoms with Crippen molar-refractivity contribution in [3.63, 3.8) is 0 Å². The zero-order valence-corrected chi connectivity index (χ0v) is 14.2. The van der Waals surface area contributed by atoms with Gasteiger partial charge in [-0.25, -0.2) is 9.67 Å². The third kappa shape index (κ3) is 3.17. The van der Waals surface area contributed by atoms with Crippen molar-refractivity contribution in [3.8, 4) is 0 Å². The van der Waals surface area contributed by atoms with Crippen LogP contribution in [0, 0.1) is 10.6 Å². The molecule has 1 atom stereocenters. The minimum absolute atomic E-state index is 0.0935. The van der Waals surface area contributed by atoms with Gasteiger partial charge in [-0.15, -0.1) is 0 Å². The molecule has 0 saturated carbocycles. The molecule has 0 amide bonds. The quantitative estimate of drug-likeness (QED) is 0.728. The van der Waals surface area contributed by atoms with E-state index >= 15 is 0 Å². The molecule has 0 bridgehead atoms. The number of rotatable bonds is 3. The minimum Gasteiger partial charge on any atom is -0.356 e. The Labute approximate surface area is 136 Å². The lowest BCUT2D eigenvalue weighted by molar-refractivity contribution is -0.0412. The maximum atomic E-state index is 5.79. The Morgan fingerprint density at radius 3 is 2.95 bits per heavy atom. The van der Waals surface area contributed by atoms with Crippen molar-refractivity contribution in [3.05, 3.63) is 33.8 Å². The van der Waals surface area contributed by atoms with Crippen LogP contribution in [0.5, 0.6) is 0 Å². The van der Waals surface area contributed by atoms with Gasteiger partial charge in [-0.05, 0) is 60.4 Å². The first kappa shape index (κ1) is 14.3. The minimum atomic E-state index is 0.0935. The van der Waals surface area contributed by atoms with Crippen LogP contribution in [0.3, 0.4) is 0 Å². The summed E-state index contributed by atoms with van der Waals surface area (Å²) in [5.41, 5.74) is 1.18. The van der Waals surface area contributed by atoms with Gasteiger partial charge in [-0.2, -0.15) is 5.10 Å². The summed E-state index contributed by atoms with van der Waals surface area (Å²) in [4.78, 5) is 5.56. The van der Waals surface area contributed by atoms with Crippen LogP contribution in [-0.2, 0) is 4.74 Å². The van der Waals surface area contributed by atoms with Gasteiger partial charge in [0, 0.05) is 12.8 Å². The number of aromatic nitrogens is 3. The molecule has 1 fully saturated rings. The predicted molar refractivity (Wildman–Crippen MR) is 86.9 cm³/mol. The topological polar surface area (TPSA) is 39.9 Å². The van der Waals surface area contributed by atoms with E-state index in [1.807, 2.05) is 30.1 Å². The summed E-state index contributed by atoms with van der Waals surface area (Å²) in [6.07, 6.45) is 7.31. The summed E-state index contributed by atoms with van der Waals surface area (Å²) < 4.78 is 8.92. The standard InChI is InChI=1S/C14H16IN3OS/c1-10-5-6-12(16-8-10)20-11-9-17-18(14(11)15)13-4-2-3-7-19-13/h5-6,8-9,13H,2-4,7H2,1H3. The molecule has 3 rings (SSSR count). The van der Waals surface area contributed by atoms with E-state index in [0.29, 0.717) is 0 Å². The summed E-state index contributed by atoms with van der Waals surface area (Å²) in [6.45, 7) is 2.88. The maximum absolute atomic E-state index is 5.79. The number of ether oxygens (including phenoxy) is 1. The highest BCUT2D eigenvalue weighted by molar-refractivity contribution is 14.1. The van der Waals surface area contributed by atoms with Crippen molar-refractivity contribution in [2.24, 2.45) is 0 Å². The summed E-state index contributed by atoms with van der Waals surface area (Å²) in [5, 5.41) is 5.49. The summed E-state index contributed by atoms with van der Waals surface area (Å²) >= 11 is 3.99. The number of nitrogens with zero attached hydrogens (tertiary/aromatic N) is 3. The van der Waals surface area contributed by atoms with Crippen molar-refractivity contribution in [2.75, 3.05) is 6.61 Å². The van der Waals surface area contributed by atoms with Crippen LogP contribution < -0.4 is 0 Å². The number of hydrogen-bond acceptors (Lipinski definition) is 4. The smallest absolute Gasteiger partial charge is 0.151 e. The molecule has 2 aromatic rings. The highest BCUT2D eigenvalue weighted by atomic mass is 127. The summed E-state index contributed by atoms with van der Waals surface area (Å²) in [6, 6.07) is 4.13. The van der Waals surface area contributed by atoms with E-state index in [1.54, 1.807) is 11.8 Å². The van der Waals surface area contributed by atoms with E-state index in [9.17, 15) is 0 Å². The molecule has 0 radical (unpaired) electrons. The summed E-state index contributed by atoms with van der Waals surface area (Å²) in [5.74, 6) is 0. The van der Waals surface area contributed by atoms with E-state index in [0.717, 1.165) is 33.1 Å². The Balaban J connectivity index is 1.77. The fourth-order valence-corrected chi connectivity index (χ4v) is 3.79. The SMILES string of the molecule is Cc1ccc(Sc2cnn(C3CCCCO3)c2I)nc1. The average molecular weight is 401 g/mol. The molecule has 3 heterocycles. The molecular formula is C14H16IN3OS.